The summed E-state index contributed by atoms with van der Waals surface area (Å²) in [5.41, 5.74) is 5.04. The molecular formula is C8H15NO. The summed E-state index contributed by atoms with van der Waals surface area (Å²) in [6.45, 7) is 0.466. The smallest absolute Gasteiger partial charge is 0.0800 e. The Morgan fingerprint density at radius 2 is 2.40 bits per heavy atom. The van der Waals surface area contributed by atoms with E-state index in [4.69, 9.17) is 5.73 Å². The molecule has 10 heavy (non-hydrogen) atoms. The molecule has 0 aromatic heterocycles. The van der Waals surface area contributed by atoms with E-state index in [2.05, 4.69) is 0 Å². The minimum absolute atomic E-state index is 0.466. The minimum atomic E-state index is -0.469. The maximum atomic E-state index is 9.87. The molecule has 58 valence electrons. The predicted octanol–water partition coefficient (Wildman–Crippen LogP) is 0.496. The van der Waals surface area contributed by atoms with E-state index in [0.717, 1.165) is 12.3 Å². The van der Waals surface area contributed by atoms with Crippen molar-refractivity contribution in [1.29, 1.82) is 0 Å². The zero-order chi connectivity index (χ0) is 7.19. The van der Waals surface area contributed by atoms with Crippen LogP contribution in [0.3, 0.4) is 0 Å². The molecule has 3 unspecified atom stereocenters. The van der Waals surface area contributed by atoms with E-state index in [9.17, 15) is 5.11 Å². The molecule has 0 aromatic carbocycles. The second-order valence-corrected chi connectivity index (χ2v) is 3.80. The summed E-state index contributed by atoms with van der Waals surface area (Å²) in [5, 5.41) is 9.87. The Morgan fingerprint density at radius 3 is 3.00 bits per heavy atom. The molecule has 0 heterocycles. The van der Waals surface area contributed by atoms with Crippen molar-refractivity contribution in [3.8, 4) is 0 Å². The lowest BCUT2D eigenvalue weighted by Gasteiger charge is -2.30. The van der Waals surface area contributed by atoms with E-state index in [1.807, 2.05) is 0 Å². The molecule has 2 aliphatic rings. The summed E-state index contributed by atoms with van der Waals surface area (Å²) >= 11 is 0. The standard InChI is InChI=1S/C8H15NO/c9-5-8(10)3-1-2-6-4-7(6)8/h6-7,10H,1-5,9H2. The van der Waals surface area contributed by atoms with Gasteiger partial charge in [-0.15, -0.1) is 0 Å². The van der Waals surface area contributed by atoms with Crippen molar-refractivity contribution in [2.24, 2.45) is 17.6 Å². The van der Waals surface area contributed by atoms with Gasteiger partial charge in [0.2, 0.25) is 0 Å². The van der Waals surface area contributed by atoms with Gasteiger partial charge in [0.15, 0.2) is 0 Å². The van der Waals surface area contributed by atoms with Gasteiger partial charge in [-0.3, -0.25) is 0 Å². The van der Waals surface area contributed by atoms with E-state index in [1.54, 1.807) is 0 Å². The Hall–Kier alpha value is -0.0800. The average molecular weight is 141 g/mol. The predicted molar refractivity (Wildman–Crippen MR) is 39.5 cm³/mol. The second-order valence-electron chi connectivity index (χ2n) is 3.80. The van der Waals surface area contributed by atoms with E-state index in [-0.39, 0.29) is 0 Å². The molecule has 2 nitrogen and oxygen atoms in total. The van der Waals surface area contributed by atoms with Gasteiger partial charge in [0, 0.05) is 6.54 Å². The summed E-state index contributed by atoms with van der Waals surface area (Å²) in [6.07, 6.45) is 4.67. The molecule has 3 atom stereocenters. The van der Waals surface area contributed by atoms with Crippen molar-refractivity contribution in [3.05, 3.63) is 0 Å². The Bertz CT molecular complexity index is 148. The third-order valence-electron chi connectivity index (χ3n) is 3.15. The molecule has 2 rings (SSSR count). The van der Waals surface area contributed by atoms with Gasteiger partial charge in [0.25, 0.3) is 0 Å². The number of fused-ring (bicyclic) bond motifs is 1. The van der Waals surface area contributed by atoms with Crippen LogP contribution in [0.1, 0.15) is 25.7 Å². The fraction of sp³-hybridized carbons (Fsp3) is 1.00. The van der Waals surface area contributed by atoms with Crippen molar-refractivity contribution in [1.82, 2.24) is 0 Å². The molecule has 0 aliphatic heterocycles. The van der Waals surface area contributed by atoms with Crippen molar-refractivity contribution in [3.63, 3.8) is 0 Å². The van der Waals surface area contributed by atoms with Crippen molar-refractivity contribution >= 4 is 0 Å². The first-order valence-electron chi connectivity index (χ1n) is 4.19. The number of hydrogen-bond donors (Lipinski definition) is 2. The van der Waals surface area contributed by atoms with Crippen LogP contribution >= 0.6 is 0 Å². The lowest BCUT2D eigenvalue weighted by molar-refractivity contribution is -0.00208. The van der Waals surface area contributed by atoms with Gasteiger partial charge in [-0.25, -0.2) is 0 Å². The van der Waals surface area contributed by atoms with Crippen LogP contribution in [0, 0.1) is 11.8 Å². The molecular weight excluding hydrogens is 126 g/mol. The van der Waals surface area contributed by atoms with E-state index >= 15 is 0 Å². The third-order valence-corrected chi connectivity index (χ3v) is 3.15. The molecule has 0 spiro atoms. The highest BCUT2D eigenvalue weighted by atomic mass is 16.3. The van der Waals surface area contributed by atoms with Crippen molar-refractivity contribution in [2.75, 3.05) is 6.54 Å². The molecule has 3 N–H and O–H groups in total. The number of aliphatic hydroxyl groups is 1. The van der Waals surface area contributed by atoms with Crippen LogP contribution in [-0.2, 0) is 0 Å². The van der Waals surface area contributed by atoms with Crippen molar-refractivity contribution < 1.29 is 5.11 Å². The lowest BCUT2D eigenvalue weighted by Crippen LogP contribution is -2.42. The zero-order valence-corrected chi connectivity index (χ0v) is 6.21. The van der Waals surface area contributed by atoms with Gasteiger partial charge >= 0.3 is 0 Å². The van der Waals surface area contributed by atoms with E-state index in [1.165, 1.54) is 19.3 Å². The first kappa shape index (κ1) is 6.62. The lowest BCUT2D eigenvalue weighted by atomic mass is 9.85. The molecule has 0 aromatic rings. The molecule has 2 fully saturated rings. The molecule has 0 radical (unpaired) electrons. The Labute approximate surface area is 61.4 Å². The quantitative estimate of drug-likeness (QED) is 0.558. The maximum absolute atomic E-state index is 9.87. The van der Waals surface area contributed by atoms with Crippen LogP contribution in [0.2, 0.25) is 0 Å². The second kappa shape index (κ2) is 1.95. The highest BCUT2D eigenvalue weighted by Crippen LogP contribution is 2.54. The largest absolute Gasteiger partial charge is 0.388 e. The van der Waals surface area contributed by atoms with Gasteiger partial charge in [-0.1, -0.05) is 6.42 Å². The molecule has 0 bridgehead atoms. The van der Waals surface area contributed by atoms with Gasteiger partial charge < -0.3 is 10.8 Å². The third kappa shape index (κ3) is 0.789. The first-order valence-corrected chi connectivity index (χ1v) is 4.19. The van der Waals surface area contributed by atoms with Gasteiger partial charge in [-0.05, 0) is 31.1 Å². The number of rotatable bonds is 1. The summed E-state index contributed by atoms with van der Waals surface area (Å²) in [7, 11) is 0. The molecule has 0 amide bonds. The molecule has 2 heteroatoms. The van der Waals surface area contributed by atoms with Gasteiger partial charge in [0.1, 0.15) is 0 Å². The fourth-order valence-electron chi connectivity index (χ4n) is 2.33. The monoisotopic (exact) mass is 141 g/mol. The summed E-state index contributed by atoms with van der Waals surface area (Å²) in [5.74, 6) is 1.38. The Morgan fingerprint density at radius 1 is 1.60 bits per heavy atom. The number of hydrogen-bond acceptors (Lipinski definition) is 2. The SMILES string of the molecule is NCC1(O)CCCC2CC21. The topological polar surface area (TPSA) is 46.2 Å². The van der Waals surface area contributed by atoms with E-state index in [0.29, 0.717) is 12.5 Å². The zero-order valence-electron chi connectivity index (χ0n) is 6.21. The van der Waals surface area contributed by atoms with Crippen LogP contribution in [-0.4, -0.2) is 17.3 Å². The van der Waals surface area contributed by atoms with Crippen LogP contribution in [0.15, 0.2) is 0 Å². The van der Waals surface area contributed by atoms with Crippen LogP contribution in [0.4, 0.5) is 0 Å². The Kier molecular flexibility index (Phi) is 1.29. The van der Waals surface area contributed by atoms with Crippen LogP contribution in [0.5, 0.6) is 0 Å². The van der Waals surface area contributed by atoms with E-state index < -0.39 is 5.60 Å². The Balaban J connectivity index is 2.07. The summed E-state index contributed by atoms with van der Waals surface area (Å²) < 4.78 is 0. The first-order chi connectivity index (χ1) is 4.76. The summed E-state index contributed by atoms with van der Waals surface area (Å²) in [4.78, 5) is 0. The normalized spacial score (nSPS) is 52.2. The highest BCUT2D eigenvalue weighted by Gasteiger charge is 2.53. The molecule has 2 aliphatic carbocycles. The maximum Gasteiger partial charge on any atom is 0.0800 e. The average Bonchev–Trinajstić information content (AvgIpc) is 2.68. The number of nitrogens with two attached hydrogens (primary N) is 1. The minimum Gasteiger partial charge on any atom is -0.388 e. The molecule has 2 saturated carbocycles. The molecule has 0 saturated heterocycles. The summed E-state index contributed by atoms with van der Waals surface area (Å²) in [6, 6.07) is 0. The van der Waals surface area contributed by atoms with Gasteiger partial charge in [0.05, 0.1) is 5.60 Å². The van der Waals surface area contributed by atoms with Crippen molar-refractivity contribution in [2.45, 2.75) is 31.3 Å². The van der Waals surface area contributed by atoms with Crippen LogP contribution in [0.25, 0.3) is 0 Å². The van der Waals surface area contributed by atoms with Gasteiger partial charge in [-0.2, -0.15) is 0 Å². The fourth-order valence-corrected chi connectivity index (χ4v) is 2.33. The van der Waals surface area contributed by atoms with Crippen LogP contribution < -0.4 is 5.73 Å². The highest BCUT2D eigenvalue weighted by molar-refractivity contribution is 5.04.